The zero-order valence-corrected chi connectivity index (χ0v) is 8.67. The van der Waals surface area contributed by atoms with Crippen molar-refractivity contribution in [3.63, 3.8) is 0 Å². The maximum Gasteiger partial charge on any atom is 1.00 e. The summed E-state index contributed by atoms with van der Waals surface area (Å²) in [6.07, 6.45) is -1.83. The average Bonchev–Trinajstić information content (AvgIpc) is 1.65. The summed E-state index contributed by atoms with van der Waals surface area (Å²) < 4.78 is 0. The number of hydrogen-bond acceptors (Lipinski definition) is 3. The maximum absolute atomic E-state index is 9.24. The quantitative estimate of drug-likeness (QED) is 0.329. The van der Waals surface area contributed by atoms with Crippen molar-refractivity contribution in [3.05, 3.63) is 0 Å². The molecule has 0 aromatic carbocycles. The second kappa shape index (κ2) is 16.5. The molecule has 0 bridgehead atoms. The van der Waals surface area contributed by atoms with E-state index in [1.54, 1.807) is 0 Å². The standard InChI is InChI=1S/C2H5NO2.CH2O3.ClH.Na.H/c3-1-2(4)5;2-1(3)4;;;/h1,3H2,(H,4,5);(H2,2,3,4);1H;;/q;;;+1;-1. The Kier molecular flexibility index (Phi) is 33.7. The van der Waals surface area contributed by atoms with Gasteiger partial charge in [0.2, 0.25) is 0 Å². The van der Waals surface area contributed by atoms with Gasteiger partial charge in [0.1, 0.15) is 0 Å². The molecule has 0 atom stereocenters. The van der Waals surface area contributed by atoms with Gasteiger partial charge in [-0.05, 0) is 0 Å². The molecule has 5 N–H and O–H groups in total. The van der Waals surface area contributed by atoms with E-state index in [1.807, 2.05) is 0 Å². The molecule has 0 saturated carbocycles. The Morgan fingerprint density at radius 2 is 1.36 bits per heavy atom. The van der Waals surface area contributed by atoms with E-state index in [2.05, 4.69) is 5.73 Å². The van der Waals surface area contributed by atoms with Crippen LogP contribution in [-0.2, 0) is 4.79 Å². The van der Waals surface area contributed by atoms with E-state index in [4.69, 9.17) is 20.1 Å². The summed E-state index contributed by atoms with van der Waals surface area (Å²) in [6, 6.07) is 0. The predicted molar refractivity (Wildman–Crippen MR) is 35.7 cm³/mol. The first-order chi connectivity index (χ1) is 4.00. The molecule has 0 aromatic rings. The van der Waals surface area contributed by atoms with Crippen LogP contribution in [0.25, 0.3) is 0 Å². The molecule has 6 nitrogen and oxygen atoms in total. The van der Waals surface area contributed by atoms with Crippen LogP contribution in [0.1, 0.15) is 1.43 Å². The molecule has 11 heavy (non-hydrogen) atoms. The number of nitrogens with two attached hydrogens (primary N) is 1. The molecule has 8 heteroatoms. The Balaban J connectivity index is -0.0000000221. The van der Waals surface area contributed by atoms with Gasteiger partial charge in [-0.25, -0.2) is 4.79 Å². The monoisotopic (exact) mass is 197 g/mol. The number of aliphatic carboxylic acids is 1. The van der Waals surface area contributed by atoms with Crippen LogP contribution in [-0.4, -0.2) is 34.0 Å². The Labute approximate surface area is 92.6 Å². The molecule has 0 heterocycles. The van der Waals surface area contributed by atoms with Gasteiger partial charge in [-0.2, -0.15) is 0 Å². The molecule has 0 rings (SSSR count). The first-order valence-corrected chi connectivity index (χ1v) is 1.84. The van der Waals surface area contributed by atoms with Crippen LogP contribution >= 0.6 is 12.4 Å². The van der Waals surface area contributed by atoms with Crippen LogP contribution in [0, 0.1) is 0 Å². The summed E-state index contributed by atoms with van der Waals surface area (Å²) in [6.45, 7) is -0.278. The molecule has 0 radical (unpaired) electrons. The van der Waals surface area contributed by atoms with Crippen LogP contribution in [0.4, 0.5) is 4.79 Å². The third kappa shape index (κ3) is 161. The van der Waals surface area contributed by atoms with Crippen LogP contribution in [0.5, 0.6) is 0 Å². The molecule has 0 unspecified atom stereocenters. The largest absolute Gasteiger partial charge is 1.00 e. The van der Waals surface area contributed by atoms with E-state index in [-0.39, 0.29) is 49.9 Å². The average molecular weight is 198 g/mol. The van der Waals surface area contributed by atoms with Crippen molar-refractivity contribution in [1.29, 1.82) is 0 Å². The molecule has 0 aliphatic rings. The van der Waals surface area contributed by atoms with Crippen molar-refractivity contribution in [3.8, 4) is 0 Å². The molecule has 0 spiro atoms. The van der Waals surface area contributed by atoms with Crippen molar-refractivity contribution in [1.82, 2.24) is 0 Å². The van der Waals surface area contributed by atoms with E-state index in [9.17, 15) is 4.79 Å². The minimum Gasteiger partial charge on any atom is -1.00 e. The van der Waals surface area contributed by atoms with E-state index in [0.717, 1.165) is 0 Å². The van der Waals surface area contributed by atoms with Gasteiger partial charge in [-0.1, -0.05) is 0 Å². The molecule has 0 fully saturated rings. The van der Waals surface area contributed by atoms with Gasteiger partial charge >= 0.3 is 41.7 Å². The SMILES string of the molecule is Cl.NCC(=O)O.O=C(O)O.[H-].[Na+]. The van der Waals surface area contributed by atoms with Crippen molar-refractivity contribution >= 4 is 24.5 Å². The molecule has 0 aliphatic heterocycles. The summed E-state index contributed by atoms with van der Waals surface area (Å²) in [5, 5.41) is 21.5. The van der Waals surface area contributed by atoms with Crippen molar-refractivity contribution in [2.45, 2.75) is 0 Å². The number of halogens is 1. The van der Waals surface area contributed by atoms with Crippen LogP contribution in [0.3, 0.4) is 0 Å². The van der Waals surface area contributed by atoms with Crippen LogP contribution < -0.4 is 35.3 Å². The van der Waals surface area contributed by atoms with Crippen LogP contribution in [0.15, 0.2) is 0 Å². The molecule has 0 aromatic heterocycles. The fraction of sp³-hybridized carbons (Fsp3) is 0.333. The number of carboxylic acids is 1. The van der Waals surface area contributed by atoms with Crippen LogP contribution in [0.2, 0.25) is 0 Å². The Morgan fingerprint density at radius 1 is 1.27 bits per heavy atom. The summed E-state index contributed by atoms with van der Waals surface area (Å²) in [5.74, 6) is -0.968. The zero-order valence-electron chi connectivity index (χ0n) is 6.85. The van der Waals surface area contributed by atoms with Crippen molar-refractivity contribution < 1.29 is 55.9 Å². The molecular weight excluding hydrogens is 188 g/mol. The van der Waals surface area contributed by atoms with E-state index in [1.165, 1.54) is 0 Å². The molecule has 0 aliphatic carbocycles. The summed E-state index contributed by atoms with van der Waals surface area (Å²) in [5.41, 5.74) is 4.57. The normalized spacial score (nSPS) is 5.55. The second-order valence-corrected chi connectivity index (χ2v) is 0.880. The van der Waals surface area contributed by atoms with E-state index >= 15 is 0 Å². The number of hydrogen-bond donors (Lipinski definition) is 4. The van der Waals surface area contributed by atoms with E-state index < -0.39 is 12.1 Å². The van der Waals surface area contributed by atoms with Gasteiger partial charge in [0.05, 0.1) is 6.54 Å². The number of carbonyl (C=O) groups is 2. The number of carboxylic acid groups (broad SMARTS) is 3. The minimum absolute atomic E-state index is 0. The first-order valence-electron chi connectivity index (χ1n) is 1.84. The second-order valence-electron chi connectivity index (χ2n) is 0.880. The predicted octanol–water partition coefficient (Wildman–Crippen LogP) is -3.21. The third-order valence-electron chi connectivity index (χ3n) is 0.175. The maximum atomic E-state index is 9.24. The van der Waals surface area contributed by atoms with E-state index in [0.29, 0.717) is 0 Å². The molecule has 64 valence electrons. The minimum atomic E-state index is -1.83. The summed E-state index contributed by atoms with van der Waals surface area (Å²) in [7, 11) is 0. The van der Waals surface area contributed by atoms with Crippen molar-refractivity contribution in [2.24, 2.45) is 5.73 Å². The number of rotatable bonds is 1. The fourth-order valence-corrected chi connectivity index (χ4v) is 0. The molecule has 0 amide bonds. The van der Waals surface area contributed by atoms with Gasteiger partial charge in [0.15, 0.2) is 0 Å². The Hall–Kier alpha value is -0.0100. The summed E-state index contributed by atoms with van der Waals surface area (Å²) >= 11 is 0. The van der Waals surface area contributed by atoms with Gasteiger partial charge < -0.3 is 22.5 Å². The fourth-order valence-electron chi connectivity index (χ4n) is 0. The third-order valence-corrected chi connectivity index (χ3v) is 0.175. The van der Waals surface area contributed by atoms with Gasteiger partial charge in [-0.15, -0.1) is 12.4 Å². The van der Waals surface area contributed by atoms with Gasteiger partial charge in [-0.3, -0.25) is 4.79 Å². The molecular formula is C3H9ClNNaO5. The first kappa shape index (κ1) is 22.4. The Bertz CT molecular complexity index is 111. The Morgan fingerprint density at radius 3 is 1.36 bits per heavy atom. The molecule has 0 saturated heterocycles. The topological polar surface area (TPSA) is 121 Å². The summed E-state index contributed by atoms with van der Waals surface area (Å²) in [4.78, 5) is 17.8. The smallest absolute Gasteiger partial charge is 1.00 e. The zero-order chi connectivity index (χ0) is 7.86. The van der Waals surface area contributed by atoms with Gasteiger partial charge in [0.25, 0.3) is 0 Å². The van der Waals surface area contributed by atoms with Crippen molar-refractivity contribution in [2.75, 3.05) is 6.54 Å². The van der Waals surface area contributed by atoms with Gasteiger partial charge in [0, 0.05) is 0 Å².